The Labute approximate surface area is 120 Å². The number of carboxylic acids is 1. The van der Waals surface area contributed by atoms with Crippen LogP contribution in [0, 0.1) is 11.8 Å². The molecule has 0 radical (unpaired) electrons. The SMILES string of the molecule is NCC1CCC(C(=O)N2CCCCCC2C(=O)O)CC1. The van der Waals surface area contributed by atoms with Crippen LogP contribution in [0.1, 0.15) is 51.4 Å². The van der Waals surface area contributed by atoms with Crippen molar-refractivity contribution in [2.75, 3.05) is 13.1 Å². The number of likely N-dealkylation sites (tertiary alicyclic amines) is 1. The summed E-state index contributed by atoms with van der Waals surface area (Å²) in [5.41, 5.74) is 5.68. The van der Waals surface area contributed by atoms with Gasteiger partial charge in [-0.25, -0.2) is 4.79 Å². The molecule has 0 bridgehead atoms. The molecule has 0 aromatic carbocycles. The third-order valence-corrected chi connectivity index (χ3v) is 4.85. The van der Waals surface area contributed by atoms with E-state index < -0.39 is 12.0 Å². The third-order valence-electron chi connectivity index (χ3n) is 4.85. The number of nitrogens with zero attached hydrogens (tertiary/aromatic N) is 1. The van der Waals surface area contributed by atoms with Gasteiger partial charge in [0.1, 0.15) is 6.04 Å². The van der Waals surface area contributed by atoms with E-state index in [0.29, 0.717) is 25.4 Å². The zero-order valence-electron chi connectivity index (χ0n) is 12.1. The van der Waals surface area contributed by atoms with Crippen LogP contribution in [0.5, 0.6) is 0 Å². The predicted octanol–water partition coefficient (Wildman–Crippen LogP) is 1.61. The highest BCUT2D eigenvalue weighted by Crippen LogP contribution is 2.31. The van der Waals surface area contributed by atoms with Crippen molar-refractivity contribution in [2.45, 2.75) is 57.4 Å². The number of carbonyl (C=O) groups excluding carboxylic acids is 1. The molecule has 2 rings (SSSR count). The van der Waals surface area contributed by atoms with Gasteiger partial charge in [0.15, 0.2) is 0 Å². The molecule has 1 heterocycles. The van der Waals surface area contributed by atoms with Crippen LogP contribution in [-0.4, -0.2) is 41.0 Å². The summed E-state index contributed by atoms with van der Waals surface area (Å²) in [4.78, 5) is 25.7. The van der Waals surface area contributed by atoms with Crippen LogP contribution < -0.4 is 5.73 Å². The van der Waals surface area contributed by atoms with E-state index in [-0.39, 0.29) is 11.8 Å². The van der Waals surface area contributed by atoms with Gasteiger partial charge in [0.25, 0.3) is 0 Å². The van der Waals surface area contributed by atoms with Gasteiger partial charge >= 0.3 is 5.97 Å². The Hall–Kier alpha value is -1.10. The summed E-state index contributed by atoms with van der Waals surface area (Å²) in [6.07, 6.45) is 7.17. The largest absolute Gasteiger partial charge is 0.480 e. The lowest BCUT2D eigenvalue weighted by atomic mass is 9.81. The van der Waals surface area contributed by atoms with Crippen molar-refractivity contribution in [3.8, 4) is 0 Å². The topological polar surface area (TPSA) is 83.6 Å². The van der Waals surface area contributed by atoms with Gasteiger partial charge in [0, 0.05) is 12.5 Å². The van der Waals surface area contributed by atoms with Gasteiger partial charge in [-0.3, -0.25) is 4.79 Å². The maximum Gasteiger partial charge on any atom is 0.326 e. The normalized spacial score (nSPS) is 31.6. The van der Waals surface area contributed by atoms with Crippen molar-refractivity contribution in [2.24, 2.45) is 17.6 Å². The number of hydrogen-bond acceptors (Lipinski definition) is 3. The van der Waals surface area contributed by atoms with E-state index in [1.54, 1.807) is 4.90 Å². The highest BCUT2D eigenvalue weighted by Gasteiger charge is 2.35. The van der Waals surface area contributed by atoms with Crippen LogP contribution in [0.2, 0.25) is 0 Å². The second-order valence-electron chi connectivity index (χ2n) is 6.19. The van der Waals surface area contributed by atoms with E-state index in [9.17, 15) is 14.7 Å². The predicted molar refractivity (Wildman–Crippen MR) is 76.1 cm³/mol. The Morgan fingerprint density at radius 2 is 1.75 bits per heavy atom. The molecule has 0 spiro atoms. The van der Waals surface area contributed by atoms with Gasteiger partial charge in [0.2, 0.25) is 5.91 Å². The van der Waals surface area contributed by atoms with Crippen LogP contribution in [0.25, 0.3) is 0 Å². The summed E-state index contributed by atoms with van der Waals surface area (Å²) in [5.74, 6) is -0.234. The maximum atomic E-state index is 12.6. The first-order chi connectivity index (χ1) is 9.63. The molecule has 1 saturated carbocycles. The molecule has 2 aliphatic rings. The molecule has 1 amide bonds. The molecular formula is C15H26N2O3. The Morgan fingerprint density at radius 3 is 2.35 bits per heavy atom. The highest BCUT2D eigenvalue weighted by molar-refractivity contribution is 5.85. The van der Waals surface area contributed by atoms with Gasteiger partial charge in [0.05, 0.1) is 0 Å². The lowest BCUT2D eigenvalue weighted by molar-refractivity contribution is -0.152. The molecule has 2 fully saturated rings. The van der Waals surface area contributed by atoms with Crippen LogP contribution in [0.3, 0.4) is 0 Å². The Bertz CT molecular complexity index is 351. The summed E-state index contributed by atoms with van der Waals surface area (Å²) in [5, 5.41) is 9.35. The average molecular weight is 282 g/mol. The summed E-state index contributed by atoms with van der Waals surface area (Å²) in [6.45, 7) is 1.30. The van der Waals surface area contributed by atoms with E-state index in [1.807, 2.05) is 0 Å². The standard InChI is InChI=1S/C15H26N2O3/c16-10-11-5-7-12(8-6-11)14(18)17-9-3-1-2-4-13(17)15(19)20/h11-13H,1-10,16H2,(H,19,20). The first kappa shape index (κ1) is 15.3. The molecule has 1 atom stereocenters. The Balaban J connectivity index is 2.00. The van der Waals surface area contributed by atoms with Crippen molar-refractivity contribution >= 4 is 11.9 Å². The van der Waals surface area contributed by atoms with E-state index >= 15 is 0 Å². The van der Waals surface area contributed by atoms with Gasteiger partial charge in [-0.15, -0.1) is 0 Å². The van der Waals surface area contributed by atoms with Crippen LogP contribution in [-0.2, 0) is 9.59 Å². The summed E-state index contributed by atoms with van der Waals surface area (Å²) in [7, 11) is 0. The van der Waals surface area contributed by atoms with E-state index in [1.165, 1.54) is 0 Å². The quantitative estimate of drug-likeness (QED) is 0.823. The first-order valence-corrected chi connectivity index (χ1v) is 7.86. The van der Waals surface area contributed by atoms with Crippen molar-refractivity contribution in [1.82, 2.24) is 4.90 Å². The van der Waals surface area contributed by atoms with Crippen LogP contribution in [0.4, 0.5) is 0 Å². The van der Waals surface area contributed by atoms with Crippen molar-refractivity contribution in [3.63, 3.8) is 0 Å². The lowest BCUT2D eigenvalue weighted by Gasteiger charge is -2.34. The number of rotatable bonds is 3. The monoisotopic (exact) mass is 282 g/mol. The molecule has 0 aromatic heterocycles. The second kappa shape index (κ2) is 7.07. The number of hydrogen-bond donors (Lipinski definition) is 2. The molecule has 1 aliphatic heterocycles. The average Bonchev–Trinajstić information content (AvgIpc) is 2.72. The minimum Gasteiger partial charge on any atom is -0.480 e. The van der Waals surface area contributed by atoms with Crippen molar-refractivity contribution < 1.29 is 14.7 Å². The molecule has 5 nitrogen and oxygen atoms in total. The molecule has 0 aromatic rings. The fraction of sp³-hybridized carbons (Fsp3) is 0.867. The number of nitrogens with two attached hydrogens (primary N) is 1. The van der Waals surface area contributed by atoms with Crippen LogP contribution in [0.15, 0.2) is 0 Å². The Morgan fingerprint density at radius 1 is 1.05 bits per heavy atom. The summed E-state index contributed by atoms with van der Waals surface area (Å²) in [6, 6.07) is -0.614. The molecule has 20 heavy (non-hydrogen) atoms. The fourth-order valence-corrected chi connectivity index (χ4v) is 3.51. The minimum atomic E-state index is -0.851. The lowest BCUT2D eigenvalue weighted by Crippen LogP contribution is -2.47. The number of aliphatic carboxylic acids is 1. The summed E-state index contributed by atoms with van der Waals surface area (Å²) < 4.78 is 0. The minimum absolute atomic E-state index is 0.0118. The van der Waals surface area contributed by atoms with Gasteiger partial charge < -0.3 is 15.7 Å². The molecule has 1 saturated heterocycles. The fourth-order valence-electron chi connectivity index (χ4n) is 3.51. The zero-order chi connectivity index (χ0) is 14.5. The molecular weight excluding hydrogens is 256 g/mol. The highest BCUT2D eigenvalue weighted by atomic mass is 16.4. The number of amides is 1. The van der Waals surface area contributed by atoms with Crippen molar-refractivity contribution in [3.05, 3.63) is 0 Å². The number of carbonyl (C=O) groups is 2. The second-order valence-corrected chi connectivity index (χ2v) is 6.19. The van der Waals surface area contributed by atoms with E-state index in [4.69, 9.17) is 5.73 Å². The molecule has 3 N–H and O–H groups in total. The van der Waals surface area contributed by atoms with Gasteiger partial charge in [-0.1, -0.05) is 12.8 Å². The maximum absolute atomic E-state index is 12.6. The van der Waals surface area contributed by atoms with Gasteiger partial charge in [-0.2, -0.15) is 0 Å². The first-order valence-electron chi connectivity index (χ1n) is 7.86. The summed E-state index contributed by atoms with van der Waals surface area (Å²) >= 11 is 0. The molecule has 1 aliphatic carbocycles. The zero-order valence-corrected chi connectivity index (χ0v) is 12.1. The van der Waals surface area contributed by atoms with E-state index in [0.717, 1.165) is 44.9 Å². The molecule has 5 heteroatoms. The van der Waals surface area contributed by atoms with Gasteiger partial charge in [-0.05, 0) is 51.0 Å². The molecule has 114 valence electrons. The van der Waals surface area contributed by atoms with Crippen molar-refractivity contribution in [1.29, 1.82) is 0 Å². The number of carboxylic acid groups (broad SMARTS) is 1. The van der Waals surface area contributed by atoms with E-state index in [2.05, 4.69) is 0 Å². The smallest absolute Gasteiger partial charge is 0.326 e. The molecule has 1 unspecified atom stereocenters. The Kier molecular flexibility index (Phi) is 5.40. The third kappa shape index (κ3) is 3.51. The van der Waals surface area contributed by atoms with Crippen LogP contribution >= 0.6 is 0 Å².